The van der Waals surface area contributed by atoms with Gasteiger partial charge in [-0.1, -0.05) is 35.3 Å². The van der Waals surface area contributed by atoms with Gasteiger partial charge in [0, 0.05) is 11.3 Å². The third kappa shape index (κ3) is 5.31. The molecule has 29 heavy (non-hydrogen) atoms. The minimum atomic E-state index is -0.446. The first-order valence-electron chi connectivity index (χ1n) is 8.63. The largest absolute Gasteiger partial charge is 0.344 e. The highest BCUT2D eigenvalue weighted by molar-refractivity contribution is 6.34. The number of nitrogens with zero attached hydrogens (tertiary/aromatic N) is 1. The number of hydrogen-bond acceptors (Lipinski definition) is 3. The third-order valence-electron chi connectivity index (χ3n) is 4.15. The van der Waals surface area contributed by atoms with Gasteiger partial charge in [-0.15, -0.1) is 0 Å². The summed E-state index contributed by atoms with van der Waals surface area (Å²) < 4.78 is 13.0. The molecule has 2 amide bonds. The van der Waals surface area contributed by atoms with Crippen molar-refractivity contribution in [2.45, 2.75) is 13.0 Å². The lowest BCUT2D eigenvalue weighted by Gasteiger charge is -2.15. The van der Waals surface area contributed by atoms with Crippen molar-refractivity contribution in [2.24, 2.45) is 0 Å². The zero-order chi connectivity index (χ0) is 21.0. The molecule has 3 rings (SSSR count). The van der Waals surface area contributed by atoms with Crippen LogP contribution in [0.1, 0.15) is 39.4 Å². The normalized spacial score (nSPS) is 11.6. The van der Waals surface area contributed by atoms with E-state index in [1.807, 2.05) is 6.92 Å². The Kier molecular flexibility index (Phi) is 6.46. The Morgan fingerprint density at radius 1 is 0.931 bits per heavy atom. The van der Waals surface area contributed by atoms with Gasteiger partial charge >= 0.3 is 0 Å². The second-order valence-electron chi connectivity index (χ2n) is 6.24. The summed E-state index contributed by atoms with van der Waals surface area (Å²) in [6.45, 7) is 1.81. The van der Waals surface area contributed by atoms with Crippen molar-refractivity contribution in [3.05, 3.63) is 93.5 Å². The Morgan fingerprint density at radius 2 is 1.59 bits per heavy atom. The molecular formula is C21H16Cl2FN3O2. The van der Waals surface area contributed by atoms with E-state index < -0.39 is 11.7 Å². The summed E-state index contributed by atoms with van der Waals surface area (Å²) in [7, 11) is 0. The van der Waals surface area contributed by atoms with Crippen LogP contribution in [-0.4, -0.2) is 16.8 Å². The molecule has 0 spiro atoms. The number of benzene rings is 2. The summed E-state index contributed by atoms with van der Waals surface area (Å²) in [5.74, 6) is -1.20. The van der Waals surface area contributed by atoms with Crippen molar-refractivity contribution in [3.8, 4) is 0 Å². The molecule has 1 unspecified atom stereocenters. The van der Waals surface area contributed by atoms with Crippen LogP contribution in [0.2, 0.25) is 10.2 Å². The SMILES string of the molecule is CC(NC(=O)c1nc(Cl)ccc1Cl)c1ccc(NC(=O)c2ccc(F)cc2)cc1. The molecule has 0 radical (unpaired) electrons. The molecule has 1 atom stereocenters. The molecule has 0 aliphatic heterocycles. The summed E-state index contributed by atoms with van der Waals surface area (Å²) in [5, 5.41) is 5.92. The van der Waals surface area contributed by atoms with Crippen LogP contribution >= 0.6 is 23.2 Å². The van der Waals surface area contributed by atoms with Gasteiger partial charge in [0.05, 0.1) is 11.1 Å². The summed E-state index contributed by atoms with van der Waals surface area (Å²) >= 11 is 11.8. The van der Waals surface area contributed by atoms with Gasteiger partial charge in [-0.25, -0.2) is 9.37 Å². The fourth-order valence-corrected chi connectivity index (χ4v) is 2.92. The van der Waals surface area contributed by atoms with E-state index in [9.17, 15) is 14.0 Å². The smallest absolute Gasteiger partial charge is 0.271 e. The number of hydrogen-bond donors (Lipinski definition) is 2. The predicted molar refractivity (Wildman–Crippen MR) is 111 cm³/mol. The molecule has 3 aromatic rings. The molecule has 148 valence electrons. The van der Waals surface area contributed by atoms with Crippen LogP contribution in [0, 0.1) is 5.82 Å². The van der Waals surface area contributed by atoms with Gasteiger partial charge in [0.1, 0.15) is 16.7 Å². The highest BCUT2D eigenvalue weighted by atomic mass is 35.5. The van der Waals surface area contributed by atoms with Crippen LogP contribution in [0.3, 0.4) is 0 Å². The molecule has 0 fully saturated rings. The number of amides is 2. The standard InChI is InChI=1S/C21H16Cl2FN3O2/c1-12(25-21(29)19-17(22)10-11-18(23)27-19)13-4-8-16(9-5-13)26-20(28)14-2-6-15(24)7-3-14/h2-12H,1H3,(H,25,29)(H,26,28). The number of carbonyl (C=O) groups excluding carboxylic acids is 2. The molecule has 2 aromatic carbocycles. The molecule has 0 aliphatic rings. The molecular weight excluding hydrogens is 416 g/mol. The van der Waals surface area contributed by atoms with Crippen molar-refractivity contribution in [1.82, 2.24) is 10.3 Å². The molecule has 0 saturated heterocycles. The molecule has 8 heteroatoms. The lowest BCUT2D eigenvalue weighted by atomic mass is 10.1. The van der Waals surface area contributed by atoms with Crippen LogP contribution in [0.4, 0.5) is 10.1 Å². The van der Waals surface area contributed by atoms with Gasteiger partial charge in [0.25, 0.3) is 11.8 Å². The molecule has 1 heterocycles. The van der Waals surface area contributed by atoms with Gasteiger partial charge in [0.15, 0.2) is 0 Å². The summed E-state index contributed by atoms with van der Waals surface area (Å²) in [6.07, 6.45) is 0. The van der Waals surface area contributed by atoms with Crippen molar-refractivity contribution >= 4 is 40.7 Å². The number of nitrogens with one attached hydrogen (secondary N) is 2. The average molecular weight is 432 g/mol. The number of rotatable bonds is 5. The van der Waals surface area contributed by atoms with E-state index in [-0.39, 0.29) is 27.8 Å². The lowest BCUT2D eigenvalue weighted by Crippen LogP contribution is -2.27. The van der Waals surface area contributed by atoms with Crippen LogP contribution in [0.25, 0.3) is 0 Å². The first-order chi connectivity index (χ1) is 13.8. The predicted octanol–water partition coefficient (Wildman–Crippen LogP) is 5.27. The maximum Gasteiger partial charge on any atom is 0.271 e. The van der Waals surface area contributed by atoms with E-state index in [0.29, 0.717) is 11.3 Å². The minimum absolute atomic E-state index is 0.0502. The van der Waals surface area contributed by atoms with E-state index in [0.717, 1.165) is 5.56 Å². The second kappa shape index (κ2) is 9.03. The zero-order valence-corrected chi connectivity index (χ0v) is 16.8. The molecule has 0 bridgehead atoms. The fourth-order valence-electron chi connectivity index (χ4n) is 2.59. The highest BCUT2D eigenvalue weighted by Crippen LogP contribution is 2.20. The highest BCUT2D eigenvalue weighted by Gasteiger charge is 2.16. The van der Waals surface area contributed by atoms with Crippen molar-refractivity contribution in [2.75, 3.05) is 5.32 Å². The van der Waals surface area contributed by atoms with E-state index in [1.54, 1.807) is 24.3 Å². The maximum absolute atomic E-state index is 13.0. The first-order valence-corrected chi connectivity index (χ1v) is 9.39. The Bertz CT molecular complexity index is 1040. The molecule has 1 aromatic heterocycles. The third-order valence-corrected chi connectivity index (χ3v) is 4.67. The van der Waals surface area contributed by atoms with Crippen LogP contribution in [0.5, 0.6) is 0 Å². The van der Waals surface area contributed by atoms with Crippen molar-refractivity contribution < 1.29 is 14.0 Å². The monoisotopic (exact) mass is 431 g/mol. The zero-order valence-electron chi connectivity index (χ0n) is 15.2. The van der Waals surface area contributed by atoms with E-state index >= 15 is 0 Å². The maximum atomic E-state index is 13.0. The van der Waals surface area contributed by atoms with E-state index in [1.165, 1.54) is 36.4 Å². The second-order valence-corrected chi connectivity index (χ2v) is 7.04. The van der Waals surface area contributed by atoms with E-state index in [2.05, 4.69) is 15.6 Å². The van der Waals surface area contributed by atoms with Gasteiger partial charge in [-0.2, -0.15) is 0 Å². The van der Waals surface area contributed by atoms with Gasteiger partial charge in [-0.05, 0) is 61.0 Å². The Balaban J connectivity index is 1.64. The number of carbonyl (C=O) groups is 2. The Morgan fingerprint density at radius 3 is 2.24 bits per heavy atom. The summed E-state index contributed by atoms with van der Waals surface area (Å²) in [4.78, 5) is 28.5. The minimum Gasteiger partial charge on any atom is -0.344 e. The Labute approximate surface area is 176 Å². The van der Waals surface area contributed by atoms with Crippen LogP contribution < -0.4 is 10.6 Å². The number of pyridine rings is 1. The lowest BCUT2D eigenvalue weighted by molar-refractivity contribution is 0.0934. The molecule has 2 N–H and O–H groups in total. The van der Waals surface area contributed by atoms with Crippen LogP contribution in [-0.2, 0) is 0 Å². The van der Waals surface area contributed by atoms with E-state index in [4.69, 9.17) is 23.2 Å². The summed E-state index contributed by atoms with van der Waals surface area (Å²) in [5.41, 5.74) is 1.79. The first kappa shape index (κ1) is 20.8. The van der Waals surface area contributed by atoms with Gasteiger partial charge in [0.2, 0.25) is 0 Å². The number of aromatic nitrogens is 1. The Hall–Kier alpha value is -2.96. The summed E-state index contributed by atoms with van der Waals surface area (Å²) in [6, 6.07) is 14.9. The van der Waals surface area contributed by atoms with Gasteiger partial charge in [-0.3, -0.25) is 9.59 Å². The van der Waals surface area contributed by atoms with Crippen molar-refractivity contribution in [3.63, 3.8) is 0 Å². The topological polar surface area (TPSA) is 71.1 Å². The molecule has 0 aliphatic carbocycles. The quantitative estimate of drug-likeness (QED) is 0.540. The van der Waals surface area contributed by atoms with Gasteiger partial charge < -0.3 is 10.6 Å². The van der Waals surface area contributed by atoms with Crippen molar-refractivity contribution in [1.29, 1.82) is 0 Å². The molecule has 0 saturated carbocycles. The number of anilines is 1. The molecule has 5 nitrogen and oxygen atoms in total. The fraction of sp³-hybridized carbons (Fsp3) is 0.0952. The number of halogens is 3. The average Bonchev–Trinajstić information content (AvgIpc) is 2.70. The van der Waals surface area contributed by atoms with Crippen LogP contribution in [0.15, 0.2) is 60.7 Å².